The molecule has 1 aromatic carbocycles. The Morgan fingerprint density at radius 1 is 1.00 bits per heavy atom. The van der Waals surface area contributed by atoms with Crippen LogP contribution in [0.1, 0.15) is 0 Å². The number of aromatic nitrogens is 2. The van der Waals surface area contributed by atoms with Crippen molar-refractivity contribution in [3.63, 3.8) is 0 Å². The van der Waals surface area contributed by atoms with Gasteiger partial charge < -0.3 is 20.4 Å². The molecule has 0 bridgehead atoms. The number of anilines is 2. The van der Waals surface area contributed by atoms with Crippen LogP contribution in [0.25, 0.3) is 11.3 Å². The Balaban J connectivity index is 0.000000331. The van der Waals surface area contributed by atoms with Crippen molar-refractivity contribution in [3.05, 3.63) is 48.6 Å². The van der Waals surface area contributed by atoms with Gasteiger partial charge >= 0.3 is 11.9 Å². The van der Waals surface area contributed by atoms with Gasteiger partial charge in [-0.1, -0.05) is 12.1 Å². The van der Waals surface area contributed by atoms with Crippen molar-refractivity contribution in [1.29, 1.82) is 0 Å². The molecule has 2 aliphatic rings. The lowest BCUT2D eigenvalue weighted by Crippen LogP contribution is -2.26. The van der Waals surface area contributed by atoms with Gasteiger partial charge in [-0.15, -0.1) is 10.2 Å². The first-order valence-corrected chi connectivity index (χ1v) is 12.0. The fourth-order valence-corrected chi connectivity index (χ4v) is 4.32. The number of sulfonamides is 1. The molecule has 11 nitrogen and oxygen atoms in total. The molecule has 12 heteroatoms. The van der Waals surface area contributed by atoms with Crippen LogP contribution >= 0.6 is 0 Å². The van der Waals surface area contributed by atoms with Gasteiger partial charge in [-0.3, -0.25) is 4.72 Å². The highest BCUT2D eigenvalue weighted by molar-refractivity contribution is 7.92. The van der Waals surface area contributed by atoms with E-state index in [4.69, 9.17) is 10.2 Å². The molecule has 0 amide bonds. The largest absolute Gasteiger partial charge is 0.478 e. The van der Waals surface area contributed by atoms with Crippen LogP contribution in [0.15, 0.2) is 48.6 Å². The number of fused-ring (bicyclic) bond motifs is 1. The highest BCUT2D eigenvalue weighted by Gasteiger charge is 2.36. The van der Waals surface area contributed by atoms with Gasteiger partial charge in [0.2, 0.25) is 10.0 Å². The normalized spacial score (nSPS) is 19.6. The summed E-state index contributed by atoms with van der Waals surface area (Å²) in [6, 6.07) is 11.1. The Bertz CT molecular complexity index is 1090. The van der Waals surface area contributed by atoms with Crippen LogP contribution < -0.4 is 14.9 Å². The zero-order valence-corrected chi connectivity index (χ0v) is 18.7. The maximum atomic E-state index is 11.2. The van der Waals surface area contributed by atoms with E-state index in [0.29, 0.717) is 17.8 Å². The zero-order chi connectivity index (χ0) is 24.0. The van der Waals surface area contributed by atoms with Gasteiger partial charge in [0.25, 0.3) is 0 Å². The molecular weight excluding hydrogens is 450 g/mol. The third-order valence-corrected chi connectivity index (χ3v) is 5.82. The first kappa shape index (κ1) is 24.1. The first-order chi connectivity index (χ1) is 15.6. The van der Waals surface area contributed by atoms with Crippen LogP contribution in [0.3, 0.4) is 0 Å². The number of carboxylic acids is 2. The maximum Gasteiger partial charge on any atom is 0.328 e. The number of carboxylic acid groups (broad SMARTS) is 2. The van der Waals surface area contributed by atoms with Crippen molar-refractivity contribution in [2.45, 2.75) is 0 Å². The van der Waals surface area contributed by atoms with E-state index in [-0.39, 0.29) is 0 Å². The molecule has 2 saturated heterocycles. The Morgan fingerprint density at radius 2 is 1.58 bits per heavy atom. The van der Waals surface area contributed by atoms with E-state index in [2.05, 4.69) is 25.1 Å². The molecular formula is C21H25N5O6S. The van der Waals surface area contributed by atoms with Crippen LogP contribution in [-0.4, -0.2) is 73.2 Å². The summed E-state index contributed by atoms with van der Waals surface area (Å²) in [5.74, 6) is -0.152. The number of carbonyl (C=O) groups is 2. The van der Waals surface area contributed by atoms with E-state index >= 15 is 0 Å². The molecule has 2 aliphatic heterocycles. The van der Waals surface area contributed by atoms with Crippen molar-refractivity contribution >= 4 is 33.5 Å². The second-order valence-electron chi connectivity index (χ2n) is 7.82. The molecule has 1 aromatic heterocycles. The van der Waals surface area contributed by atoms with Crippen molar-refractivity contribution < 1.29 is 28.2 Å². The van der Waals surface area contributed by atoms with Crippen molar-refractivity contribution in [3.8, 4) is 11.3 Å². The molecule has 3 heterocycles. The standard InChI is InChI=1S/C17H21N5O2S.C4H4O4/c1-25(23,24)21-15-4-2-12(3-5-15)16-6-7-17(20-19-16)22-10-13-8-18-9-14(13)11-22;5-3(6)1-2-4(7)8/h2-7,13-14,18,21H,8-11H2,1H3;1-2H,(H,5,6)(H,7,8). The van der Waals surface area contributed by atoms with Gasteiger partial charge in [-0.05, 0) is 36.1 Å². The van der Waals surface area contributed by atoms with Crippen LogP contribution in [0.2, 0.25) is 0 Å². The van der Waals surface area contributed by atoms with Gasteiger partial charge in [0, 0.05) is 49.6 Å². The molecule has 2 fully saturated rings. The van der Waals surface area contributed by atoms with E-state index in [0.717, 1.165) is 61.3 Å². The Morgan fingerprint density at radius 3 is 2.03 bits per heavy atom. The van der Waals surface area contributed by atoms with Crippen LogP contribution in [0.5, 0.6) is 0 Å². The number of nitrogens with zero attached hydrogens (tertiary/aromatic N) is 3. The van der Waals surface area contributed by atoms with E-state index in [1.54, 1.807) is 12.1 Å². The molecule has 4 rings (SSSR count). The lowest BCUT2D eigenvalue weighted by Gasteiger charge is -2.17. The maximum absolute atomic E-state index is 11.2. The summed E-state index contributed by atoms with van der Waals surface area (Å²) in [6.07, 6.45) is 2.25. The van der Waals surface area contributed by atoms with Gasteiger partial charge in [-0.25, -0.2) is 18.0 Å². The molecule has 2 unspecified atom stereocenters. The summed E-state index contributed by atoms with van der Waals surface area (Å²) in [7, 11) is -3.26. The molecule has 33 heavy (non-hydrogen) atoms. The third kappa shape index (κ3) is 7.26. The number of aliphatic carboxylic acids is 2. The number of hydrogen-bond donors (Lipinski definition) is 4. The van der Waals surface area contributed by atoms with Crippen molar-refractivity contribution in [2.75, 3.05) is 42.1 Å². The number of rotatable bonds is 6. The van der Waals surface area contributed by atoms with Gasteiger partial charge in [-0.2, -0.15) is 0 Å². The second-order valence-corrected chi connectivity index (χ2v) is 9.57. The molecule has 0 saturated carbocycles. The molecule has 4 N–H and O–H groups in total. The third-order valence-electron chi connectivity index (χ3n) is 5.22. The lowest BCUT2D eigenvalue weighted by atomic mass is 10.0. The Hall–Kier alpha value is -3.51. The topological polar surface area (TPSA) is 162 Å². The second kappa shape index (κ2) is 10.4. The summed E-state index contributed by atoms with van der Waals surface area (Å²) in [5, 5.41) is 27.8. The first-order valence-electron chi connectivity index (χ1n) is 10.1. The smallest absolute Gasteiger partial charge is 0.328 e. The molecule has 0 radical (unpaired) electrons. The number of nitrogens with one attached hydrogen (secondary N) is 2. The average molecular weight is 476 g/mol. The molecule has 176 valence electrons. The summed E-state index contributed by atoms with van der Waals surface area (Å²) < 4.78 is 24.9. The Kier molecular flexibility index (Phi) is 7.61. The van der Waals surface area contributed by atoms with E-state index in [9.17, 15) is 18.0 Å². The van der Waals surface area contributed by atoms with Crippen LogP contribution in [-0.2, 0) is 19.6 Å². The SMILES string of the molecule is CS(=O)(=O)Nc1ccc(-c2ccc(N3CC4CNCC4C3)nn2)cc1.O=C(O)C=CC(=O)O. The van der Waals surface area contributed by atoms with E-state index in [1.807, 2.05) is 24.3 Å². The van der Waals surface area contributed by atoms with Gasteiger partial charge in [0.05, 0.1) is 11.9 Å². The zero-order valence-electron chi connectivity index (χ0n) is 17.9. The fourth-order valence-electron chi connectivity index (χ4n) is 3.76. The monoisotopic (exact) mass is 475 g/mol. The highest BCUT2D eigenvalue weighted by atomic mass is 32.2. The highest BCUT2D eigenvalue weighted by Crippen LogP contribution is 2.30. The fraction of sp³-hybridized carbons (Fsp3) is 0.333. The molecule has 0 aliphatic carbocycles. The van der Waals surface area contributed by atoms with Gasteiger partial charge in [0.1, 0.15) is 0 Å². The minimum Gasteiger partial charge on any atom is -0.478 e. The lowest BCUT2D eigenvalue weighted by molar-refractivity contribution is -0.134. The van der Waals surface area contributed by atoms with Crippen LogP contribution in [0.4, 0.5) is 11.5 Å². The van der Waals surface area contributed by atoms with Crippen LogP contribution in [0, 0.1) is 11.8 Å². The minimum absolute atomic E-state index is 0.535. The number of benzene rings is 1. The molecule has 0 spiro atoms. The van der Waals surface area contributed by atoms with E-state index < -0.39 is 22.0 Å². The van der Waals surface area contributed by atoms with Crippen molar-refractivity contribution in [1.82, 2.24) is 15.5 Å². The number of hydrogen-bond acceptors (Lipinski definition) is 8. The van der Waals surface area contributed by atoms with Crippen molar-refractivity contribution in [2.24, 2.45) is 11.8 Å². The summed E-state index contributed by atoms with van der Waals surface area (Å²) in [6.45, 7) is 4.27. The van der Waals surface area contributed by atoms with Gasteiger partial charge in [0.15, 0.2) is 5.82 Å². The Labute approximate surface area is 191 Å². The molecule has 2 atom stereocenters. The average Bonchev–Trinajstić information content (AvgIpc) is 3.35. The quantitative estimate of drug-likeness (QED) is 0.441. The minimum atomic E-state index is -3.26. The molecule has 2 aromatic rings. The predicted octanol–water partition coefficient (Wildman–Crippen LogP) is 0.883. The van der Waals surface area contributed by atoms with E-state index in [1.165, 1.54) is 0 Å². The summed E-state index contributed by atoms with van der Waals surface area (Å²) in [4.78, 5) is 21.4. The predicted molar refractivity (Wildman–Crippen MR) is 122 cm³/mol. The summed E-state index contributed by atoms with van der Waals surface area (Å²) >= 11 is 0. The summed E-state index contributed by atoms with van der Waals surface area (Å²) in [5.41, 5.74) is 2.21.